The maximum absolute atomic E-state index is 13.3. The lowest BCUT2D eigenvalue weighted by Gasteiger charge is -2.24. The van der Waals surface area contributed by atoms with Crippen LogP contribution in [0.4, 0.5) is 4.39 Å². The van der Waals surface area contributed by atoms with Crippen molar-refractivity contribution in [3.05, 3.63) is 66.0 Å². The molecule has 0 atom stereocenters. The molecule has 3 rings (SSSR count). The first-order chi connectivity index (χ1) is 13.9. The molecule has 1 heterocycles. The number of carbonyl (C=O) groups excluding carboxylic acids is 1. The van der Waals surface area contributed by atoms with E-state index >= 15 is 0 Å². The largest absolute Gasteiger partial charge is 0.351 e. The van der Waals surface area contributed by atoms with Gasteiger partial charge in [0.2, 0.25) is 5.91 Å². The van der Waals surface area contributed by atoms with Crippen LogP contribution in [-0.2, 0) is 11.3 Å². The highest BCUT2D eigenvalue weighted by atomic mass is 32.2. The monoisotopic (exact) mass is 412 g/mol. The van der Waals surface area contributed by atoms with Gasteiger partial charge in [-0.1, -0.05) is 49.0 Å². The molecule has 0 unspecified atom stereocenters. The summed E-state index contributed by atoms with van der Waals surface area (Å²) in [5.41, 5.74) is 1.63. The molecule has 0 aliphatic rings. The SMILES string of the molecule is CCC(C)(C)NC(=O)CSc1nnc(-c2ccc(F)cc2)n1Cc1ccccc1. The van der Waals surface area contributed by atoms with Crippen LogP contribution < -0.4 is 5.32 Å². The highest BCUT2D eigenvalue weighted by Gasteiger charge is 2.20. The number of aromatic nitrogens is 3. The Morgan fingerprint density at radius 2 is 1.79 bits per heavy atom. The van der Waals surface area contributed by atoms with E-state index in [9.17, 15) is 9.18 Å². The molecule has 0 saturated carbocycles. The van der Waals surface area contributed by atoms with Gasteiger partial charge in [-0.3, -0.25) is 9.36 Å². The fraction of sp³-hybridized carbons (Fsp3) is 0.318. The van der Waals surface area contributed by atoms with Crippen molar-refractivity contribution in [2.24, 2.45) is 0 Å². The first-order valence-corrected chi connectivity index (χ1v) is 10.5. The quantitative estimate of drug-likeness (QED) is 0.552. The Morgan fingerprint density at radius 3 is 2.45 bits per heavy atom. The maximum Gasteiger partial charge on any atom is 0.230 e. The standard InChI is InChI=1S/C22H25FN4OS/c1-4-22(2,3)24-19(28)15-29-21-26-25-20(17-10-12-18(23)13-11-17)27(21)14-16-8-6-5-7-9-16/h5-13H,4,14-15H2,1-3H3,(H,24,28). The van der Waals surface area contributed by atoms with Crippen LogP contribution in [0.25, 0.3) is 11.4 Å². The third kappa shape index (κ3) is 5.67. The molecular weight excluding hydrogens is 387 g/mol. The number of benzene rings is 2. The van der Waals surface area contributed by atoms with E-state index in [1.807, 2.05) is 55.7 Å². The lowest BCUT2D eigenvalue weighted by Crippen LogP contribution is -2.43. The molecule has 7 heteroatoms. The first kappa shape index (κ1) is 21.0. The average Bonchev–Trinajstić information content (AvgIpc) is 3.10. The van der Waals surface area contributed by atoms with Gasteiger partial charge in [-0.15, -0.1) is 10.2 Å². The molecule has 152 valence electrons. The lowest BCUT2D eigenvalue weighted by atomic mass is 10.0. The van der Waals surface area contributed by atoms with E-state index in [1.54, 1.807) is 12.1 Å². The highest BCUT2D eigenvalue weighted by molar-refractivity contribution is 7.99. The number of nitrogens with one attached hydrogen (secondary N) is 1. The van der Waals surface area contributed by atoms with Gasteiger partial charge in [0.05, 0.1) is 12.3 Å². The van der Waals surface area contributed by atoms with Gasteiger partial charge in [0.1, 0.15) is 5.82 Å². The number of nitrogens with zero attached hydrogens (tertiary/aromatic N) is 3. The van der Waals surface area contributed by atoms with Gasteiger partial charge in [0.25, 0.3) is 0 Å². The van der Waals surface area contributed by atoms with Crippen LogP contribution in [-0.4, -0.2) is 32.0 Å². The molecule has 1 N–H and O–H groups in total. The van der Waals surface area contributed by atoms with Gasteiger partial charge in [-0.2, -0.15) is 0 Å². The molecule has 2 aromatic carbocycles. The molecule has 3 aromatic rings. The summed E-state index contributed by atoms with van der Waals surface area (Å²) in [5, 5.41) is 12.3. The van der Waals surface area contributed by atoms with Crippen LogP contribution in [0.3, 0.4) is 0 Å². The van der Waals surface area contributed by atoms with Gasteiger partial charge in [0, 0.05) is 11.1 Å². The maximum atomic E-state index is 13.3. The number of thioether (sulfide) groups is 1. The van der Waals surface area contributed by atoms with E-state index in [2.05, 4.69) is 15.5 Å². The molecule has 0 spiro atoms. The van der Waals surface area contributed by atoms with Crippen molar-refractivity contribution in [3.8, 4) is 11.4 Å². The fourth-order valence-corrected chi connectivity index (χ4v) is 3.49. The van der Waals surface area contributed by atoms with E-state index in [-0.39, 0.29) is 23.0 Å². The molecule has 1 amide bonds. The molecule has 5 nitrogen and oxygen atoms in total. The number of hydrogen-bond donors (Lipinski definition) is 1. The van der Waals surface area contributed by atoms with Crippen molar-refractivity contribution >= 4 is 17.7 Å². The van der Waals surface area contributed by atoms with Gasteiger partial charge < -0.3 is 5.32 Å². The summed E-state index contributed by atoms with van der Waals surface area (Å²) in [5.74, 6) is 0.553. The van der Waals surface area contributed by atoms with Crippen LogP contribution in [0.5, 0.6) is 0 Å². The minimum atomic E-state index is -0.298. The second kappa shape index (κ2) is 9.22. The van der Waals surface area contributed by atoms with E-state index < -0.39 is 0 Å². The van der Waals surface area contributed by atoms with Crippen LogP contribution in [0.2, 0.25) is 0 Å². The number of halogens is 1. The summed E-state index contributed by atoms with van der Waals surface area (Å²) in [6.45, 7) is 6.60. The Kier molecular flexibility index (Phi) is 6.69. The van der Waals surface area contributed by atoms with Gasteiger partial charge >= 0.3 is 0 Å². The normalized spacial score (nSPS) is 11.4. The summed E-state index contributed by atoms with van der Waals surface area (Å²) >= 11 is 1.35. The number of carbonyl (C=O) groups is 1. The van der Waals surface area contributed by atoms with E-state index in [4.69, 9.17) is 0 Å². The molecular formula is C22H25FN4OS. The molecule has 0 bridgehead atoms. The Hall–Kier alpha value is -2.67. The van der Waals surface area contributed by atoms with Crippen molar-refractivity contribution in [1.29, 1.82) is 0 Å². The van der Waals surface area contributed by atoms with Gasteiger partial charge in [0.15, 0.2) is 11.0 Å². The van der Waals surface area contributed by atoms with Crippen molar-refractivity contribution in [1.82, 2.24) is 20.1 Å². The minimum absolute atomic E-state index is 0.0422. The van der Waals surface area contributed by atoms with Crippen molar-refractivity contribution in [2.75, 3.05) is 5.75 Å². The summed E-state index contributed by atoms with van der Waals surface area (Å²) in [7, 11) is 0. The zero-order chi connectivity index (χ0) is 20.9. The summed E-state index contributed by atoms with van der Waals surface area (Å²) in [6.07, 6.45) is 0.850. The Labute approximate surface area is 174 Å². The molecule has 0 radical (unpaired) electrons. The lowest BCUT2D eigenvalue weighted by molar-refractivity contribution is -0.120. The molecule has 1 aromatic heterocycles. The number of amides is 1. The fourth-order valence-electron chi connectivity index (χ4n) is 2.75. The van der Waals surface area contributed by atoms with E-state index in [0.29, 0.717) is 17.5 Å². The Balaban J connectivity index is 1.84. The second-order valence-corrected chi connectivity index (χ2v) is 8.40. The highest BCUT2D eigenvalue weighted by Crippen LogP contribution is 2.25. The average molecular weight is 413 g/mol. The zero-order valence-electron chi connectivity index (χ0n) is 16.9. The van der Waals surface area contributed by atoms with Gasteiger partial charge in [-0.05, 0) is 50.1 Å². The first-order valence-electron chi connectivity index (χ1n) is 9.55. The summed E-state index contributed by atoms with van der Waals surface area (Å²) in [4.78, 5) is 12.3. The molecule has 0 aliphatic heterocycles. The van der Waals surface area contributed by atoms with Crippen LogP contribution in [0, 0.1) is 5.82 Å². The van der Waals surface area contributed by atoms with Crippen LogP contribution >= 0.6 is 11.8 Å². The third-order valence-corrected chi connectivity index (χ3v) is 5.66. The zero-order valence-corrected chi connectivity index (χ0v) is 17.7. The van der Waals surface area contributed by atoms with Gasteiger partial charge in [-0.25, -0.2) is 4.39 Å². The smallest absolute Gasteiger partial charge is 0.230 e. The van der Waals surface area contributed by atoms with Crippen molar-refractivity contribution < 1.29 is 9.18 Å². The second-order valence-electron chi connectivity index (χ2n) is 7.46. The summed E-state index contributed by atoms with van der Waals surface area (Å²) < 4.78 is 15.3. The molecule has 0 fully saturated rings. The third-order valence-electron chi connectivity index (χ3n) is 4.70. The van der Waals surface area contributed by atoms with Crippen LogP contribution in [0.15, 0.2) is 59.8 Å². The minimum Gasteiger partial charge on any atom is -0.351 e. The predicted molar refractivity (Wildman–Crippen MR) is 114 cm³/mol. The molecule has 0 aliphatic carbocycles. The van der Waals surface area contributed by atoms with Crippen molar-refractivity contribution in [2.45, 2.75) is 44.4 Å². The topological polar surface area (TPSA) is 59.8 Å². The van der Waals surface area contributed by atoms with E-state index in [0.717, 1.165) is 17.5 Å². The summed E-state index contributed by atoms with van der Waals surface area (Å²) in [6, 6.07) is 16.2. The van der Waals surface area contributed by atoms with E-state index in [1.165, 1.54) is 23.9 Å². The Morgan fingerprint density at radius 1 is 1.10 bits per heavy atom. The predicted octanol–water partition coefficient (Wildman–Crippen LogP) is 4.53. The molecule has 29 heavy (non-hydrogen) atoms. The molecule has 0 saturated heterocycles. The number of rotatable bonds is 8. The van der Waals surface area contributed by atoms with Crippen molar-refractivity contribution in [3.63, 3.8) is 0 Å². The Bertz CT molecular complexity index is 955. The van der Waals surface area contributed by atoms with Crippen LogP contribution in [0.1, 0.15) is 32.8 Å². The number of hydrogen-bond acceptors (Lipinski definition) is 4.